The van der Waals surface area contributed by atoms with Gasteiger partial charge in [0.2, 0.25) is 5.91 Å². The monoisotopic (exact) mass is 343 g/mol. The van der Waals surface area contributed by atoms with E-state index in [1.54, 1.807) is 0 Å². The van der Waals surface area contributed by atoms with Crippen molar-refractivity contribution >= 4 is 5.91 Å². The Bertz CT molecular complexity index is 672. The fraction of sp³-hybridized carbons (Fsp3) is 0.526. The van der Waals surface area contributed by atoms with Gasteiger partial charge in [-0.15, -0.1) is 0 Å². The highest BCUT2D eigenvalue weighted by atomic mass is 16.5. The number of rotatable bonds is 7. The van der Waals surface area contributed by atoms with Crippen LogP contribution in [-0.2, 0) is 22.7 Å². The second-order valence-electron chi connectivity index (χ2n) is 6.45. The molecule has 6 nitrogen and oxygen atoms in total. The highest BCUT2D eigenvalue weighted by molar-refractivity contribution is 5.76. The maximum Gasteiger partial charge on any atom is 0.252 e. The molecule has 1 atom stereocenters. The molecule has 3 rings (SSSR count). The average molecular weight is 343 g/mol. The van der Waals surface area contributed by atoms with Crippen molar-refractivity contribution in [3.05, 3.63) is 47.6 Å². The molecular weight excluding hydrogens is 318 g/mol. The Kier molecular flexibility index (Phi) is 6.17. The number of carbonyl (C=O) groups is 1. The predicted octanol–water partition coefficient (Wildman–Crippen LogP) is 3.29. The molecule has 1 fully saturated rings. The van der Waals surface area contributed by atoms with Crippen LogP contribution in [0.4, 0.5) is 0 Å². The molecule has 0 saturated carbocycles. The number of aromatic nitrogens is 2. The topological polar surface area (TPSA) is 68.5 Å². The lowest BCUT2D eigenvalue weighted by molar-refractivity contribution is -0.132. The van der Waals surface area contributed by atoms with E-state index in [-0.39, 0.29) is 11.8 Å². The van der Waals surface area contributed by atoms with Crippen molar-refractivity contribution in [1.82, 2.24) is 15.0 Å². The van der Waals surface area contributed by atoms with Gasteiger partial charge in [-0.2, -0.15) is 4.98 Å². The third-order valence-corrected chi connectivity index (χ3v) is 4.42. The molecule has 1 unspecified atom stereocenters. The van der Waals surface area contributed by atoms with Gasteiger partial charge in [-0.1, -0.05) is 42.4 Å². The van der Waals surface area contributed by atoms with Crippen LogP contribution in [0.25, 0.3) is 0 Å². The maximum absolute atomic E-state index is 12.1. The molecular formula is C19H25N3O3. The van der Waals surface area contributed by atoms with E-state index in [4.69, 9.17) is 9.26 Å². The third kappa shape index (κ3) is 4.89. The summed E-state index contributed by atoms with van der Waals surface area (Å²) in [6.45, 7) is 4.36. The van der Waals surface area contributed by atoms with E-state index in [0.717, 1.165) is 31.4 Å². The van der Waals surface area contributed by atoms with Crippen LogP contribution in [0.5, 0.6) is 0 Å². The zero-order chi connectivity index (χ0) is 17.5. The van der Waals surface area contributed by atoms with Crippen molar-refractivity contribution in [3.8, 4) is 0 Å². The summed E-state index contributed by atoms with van der Waals surface area (Å²) in [6, 6.07) is 9.98. The Morgan fingerprint density at radius 2 is 2.16 bits per heavy atom. The first-order chi connectivity index (χ1) is 12.3. The van der Waals surface area contributed by atoms with Crippen LogP contribution in [0.1, 0.15) is 55.8 Å². The van der Waals surface area contributed by atoms with Crippen molar-refractivity contribution < 1.29 is 14.1 Å². The van der Waals surface area contributed by atoms with Crippen molar-refractivity contribution in [2.45, 2.75) is 51.7 Å². The lowest BCUT2D eigenvalue weighted by atomic mass is 9.97. The van der Waals surface area contributed by atoms with Crippen LogP contribution in [0.15, 0.2) is 34.9 Å². The molecule has 1 aromatic heterocycles. The largest absolute Gasteiger partial charge is 0.367 e. The molecule has 0 spiro atoms. The predicted molar refractivity (Wildman–Crippen MR) is 92.7 cm³/mol. The molecule has 2 heterocycles. The van der Waals surface area contributed by atoms with Crippen molar-refractivity contribution in [2.24, 2.45) is 0 Å². The lowest BCUT2D eigenvalue weighted by Crippen LogP contribution is -2.39. The quantitative estimate of drug-likeness (QED) is 0.771. The highest BCUT2D eigenvalue weighted by Crippen LogP contribution is 2.25. The van der Waals surface area contributed by atoms with Crippen LogP contribution in [0.3, 0.4) is 0 Å². The number of likely N-dealkylation sites (tertiary alicyclic amines) is 1. The Labute approximate surface area is 148 Å². The normalized spacial score (nSPS) is 17.6. The van der Waals surface area contributed by atoms with Gasteiger partial charge in [0.15, 0.2) is 5.82 Å². The van der Waals surface area contributed by atoms with Gasteiger partial charge < -0.3 is 14.2 Å². The van der Waals surface area contributed by atoms with Gasteiger partial charge in [-0.3, -0.25) is 4.79 Å². The van der Waals surface area contributed by atoms with Crippen molar-refractivity contribution in [1.29, 1.82) is 0 Å². The van der Waals surface area contributed by atoms with Gasteiger partial charge >= 0.3 is 0 Å². The average Bonchev–Trinajstić information content (AvgIpc) is 3.12. The Hall–Kier alpha value is -2.21. The summed E-state index contributed by atoms with van der Waals surface area (Å²) in [5, 5.41) is 4.10. The Balaban J connectivity index is 1.51. The second-order valence-corrected chi connectivity index (χ2v) is 6.45. The molecule has 0 radical (unpaired) electrons. The van der Waals surface area contributed by atoms with E-state index in [9.17, 15) is 4.79 Å². The summed E-state index contributed by atoms with van der Waals surface area (Å²) in [5.41, 5.74) is 1.11. The van der Waals surface area contributed by atoms with Crippen molar-refractivity contribution in [2.75, 3.05) is 13.1 Å². The molecule has 1 aromatic carbocycles. The smallest absolute Gasteiger partial charge is 0.252 e. The highest BCUT2D eigenvalue weighted by Gasteiger charge is 2.27. The fourth-order valence-electron chi connectivity index (χ4n) is 3.11. The molecule has 2 aromatic rings. The number of carbonyl (C=O) groups excluding carboxylic acids is 1. The third-order valence-electron chi connectivity index (χ3n) is 4.42. The standard InChI is InChI=1S/C19H25N3O3/c1-2-7-18(23)22-11-6-10-16(12-22)19-20-17(25-21-19)14-24-13-15-8-4-3-5-9-15/h3-5,8-9,16H,2,6-7,10-14H2,1H3. The first-order valence-corrected chi connectivity index (χ1v) is 8.98. The minimum atomic E-state index is 0.154. The summed E-state index contributed by atoms with van der Waals surface area (Å²) < 4.78 is 10.9. The molecule has 25 heavy (non-hydrogen) atoms. The van der Waals surface area contributed by atoms with E-state index in [1.807, 2.05) is 42.2 Å². The van der Waals surface area contributed by atoms with Crippen LogP contribution in [0.2, 0.25) is 0 Å². The van der Waals surface area contributed by atoms with Crippen LogP contribution in [0, 0.1) is 0 Å². The lowest BCUT2D eigenvalue weighted by Gasteiger charge is -2.31. The number of ether oxygens (including phenoxy) is 1. The minimum absolute atomic E-state index is 0.154. The molecule has 0 N–H and O–H groups in total. The van der Waals surface area contributed by atoms with E-state index in [1.165, 1.54) is 0 Å². The van der Waals surface area contributed by atoms with E-state index in [2.05, 4.69) is 10.1 Å². The SMILES string of the molecule is CCCC(=O)N1CCCC(c2noc(COCc3ccccc3)n2)C1. The number of hydrogen-bond donors (Lipinski definition) is 0. The molecule has 1 aliphatic rings. The zero-order valence-electron chi connectivity index (χ0n) is 14.7. The summed E-state index contributed by atoms with van der Waals surface area (Å²) in [4.78, 5) is 18.5. The zero-order valence-corrected chi connectivity index (χ0v) is 14.7. The second kappa shape index (κ2) is 8.76. The van der Waals surface area contributed by atoms with Crippen LogP contribution in [-0.4, -0.2) is 34.0 Å². The summed E-state index contributed by atoms with van der Waals surface area (Å²) in [5.74, 6) is 1.55. The summed E-state index contributed by atoms with van der Waals surface area (Å²) >= 11 is 0. The Morgan fingerprint density at radius 1 is 1.32 bits per heavy atom. The number of amides is 1. The van der Waals surface area contributed by atoms with Crippen LogP contribution >= 0.6 is 0 Å². The number of hydrogen-bond acceptors (Lipinski definition) is 5. The number of piperidine rings is 1. The van der Waals surface area contributed by atoms with Gasteiger partial charge in [-0.25, -0.2) is 0 Å². The first-order valence-electron chi connectivity index (χ1n) is 8.98. The van der Waals surface area contributed by atoms with Gasteiger partial charge in [0.1, 0.15) is 6.61 Å². The first kappa shape index (κ1) is 17.6. The van der Waals surface area contributed by atoms with Gasteiger partial charge in [0.25, 0.3) is 5.89 Å². The van der Waals surface area contributed by atoms with Crippen LogP contribution < -0.4 is 0 Å². The van der Waals surface area contributed by atoms with Gasteiger partial charge in [0.05, 0.1) is 6.61 Å². The molecule has 1 saturated heterocycles. The maximum atomic E-state index is 12.1. The fourth-order valence-corrected chi connectivity index (χ4v) is 3.11. The minimum Gasteiger partial charge on any atom is -0.367 e. The summed E-state index contributed by atoms with van der Waals surface area (Å²) in [7, 11) is 0. The van der Waals surface area contributed by atoms with E-state index < -0.39 is 0 Å². The van der Waals surface area contributed by atoms with E-state index >= 15 is 0 Å². The number of nitrogens with zero attached hydrogens (tertiary/aromatic N) is 3. The molecule has 0 bridgehead atoms. The number of benzene rings is 1. The van der Waals surface area contributed by atoms with Crippen molar-refractivity contribution in [3.63, 3.8) is 0 Å². The Morgan fingerprint density at radius 3 is 2.96 bits per heavy atom. The van der Waals surface area contributed by atoms with Gasteiger partial charge in [0, 0.05) is 25.4 Å². The molecule has 6 heteroatoms. The van der Waals surface area contributed by atoms with Gasteiger partial charge in [-0.05, 0) is 24.8 Å². The summed E-state index contributed by atoms with van der Waals surface area (Å²) in [6.07, 6.45) is 3.46. The molecule has 0 aliphatic carbocycles. The van der Waals surface area contributed by atoms with E-state index in [0.29, 0.717) is 37.9 Å². The molecule has 1 amide bonds. The molecule has 1 aliphatic heterocycles. The molecule has 134 valence electrons.